The van der Waals surface area contributed by atoms with E-state index in [0.29, 0.717) is 18.5 Å². The number of carbonyl (C=O) groups excluding carboxylic acids is 1. The van der Waals surface area contributed by atoms with Crippen molar-refractivity contribution in [1.82, 2.24) is 10.4 Å². The molecule has 1 aromatic rings. The van der Waals surface area contributed by atoms with Gasteiger partial charge in [-0.3, -0.25) is 10.2 Å². The maximum absolute atomic E-state index is 12.6. The van der Waals surface area contributed by atoms with Crippen LogP contribution in [0.15, 0.2) is 24.3 Å². The molecule has 2 atom stereocenters. The molecule has 1 fully saturated rings. The summed E-state index contributed by atoms with van der Waals surface area (Å²) in [6, 6.07) is 4.30. The molecule has 0 bridgehead atoms. The molecule has 0 aliphatic carbocycles. The molecule has 1 saturated heterocycles. The van der Waals surface area contributed by atoms with Crippen LogP contribution >= 0.6 is 0 Å². The second kappa shape index (κ2) is 6.45. The van der Waals surface area contributed by atoms with Crippen molar-refractivity contribution in [2.75, 3.05) is 13.1 Å². The fourth-order valence-corrected chi connectivity index (χ4v) is 2.84. The Morgan fingerprint density at radius 3 is 2.39 bits per heavy atom. The highest BCUT2D eigenvalue weighted by Gasteiger charge is 2.35. The van der Waals surface area contributed by atoms with Gasteiger partial charge in [0, 0.05) is 13.1 Å². The molecule has 126 valence electrons. The summed E-state index contributed by atoms with van der Waals surface area (Å²) in [7, 11) is 0. The molecule has 0 radical (unpaired) electrons. The number of primary amides is 1. The molecule has 0 spiro atoms. The third-order valence-electron chi connectivity index (χ3n) is 3.85. The van der Waals surface area contributed by atoms with Crippen molar-refractivity contribution in [3.8, 4) is 0 Å². The Balaban J connectivity index is 2.16. The van der Waals surface area contributed by atoms with E-state index in [1.54, 1.807) is 0 Å². The molecule has 1 aliphatic rings. The lowest BCUT2D eigenvalue weighted by molar-refractivity contribution is -0.137. The highest BCUT2D eigenvalue weighted by atomic mass is 19.4. The van der Waals surface area contributed by atoms with Crippen molar-refractivity contribution in [3.05, 3.63) is 35.4 Å². The molecule has 1 aliphatic heterocycles. The maximum Gasteiger partial charge on any atom is 0.419 e. The average Bonchev–Trinajstić information content (AvgIpc) is 2.85. The third-order valence-corrected chi connectivity index (χ3v) is 3.85. The van der Waals surface area contributed by atoms with Crippen LogP contribution in [0.3, 0.4) is 0 Å². The zero-order valence-electron chi connectivity index (χ0n) is 12.0. The lowest BCUT2D eigenvalue weighted by atomic mass is 9.84. The number of hydrogen-bond donors (Lipinski definition) is 3. The van der Waals surface area contributed by atoms with Crippen molar-refractivity contribution >= 4 is 12.0 Å². The van der Waals surface area contributed by atoms with E-state index in [4.69, 9.17) is 10.8 Å². The van der Waals surface area contributed by atoms with E-state index >= 15 is 0 Å². The average molecular weight is 331 g/mol. The number of carboxylic acid groups (broad SMARTS) is 1. The van der Waals surface area contributed by atoms with Gasteiger partial charge in [0.2, 0.25) is 5.91 Å². The van der Waals surface area contributed by atoms with Crippen LogP contribution in [0.5, 0.6) is 0 Å². The van der Waals surface area contributed by atoms with Gasteiger partial charge in [-0.25, -0.2) is 9.80 Å². The van der Waals surface area contributed by atoms with Crippen molar-refractivity contribution in [2.45, 2.75) is 18.5 Å². The fraction of sp³-hybridized carbons (Fsp3) is 0.429. The van der Waals surface area contributed by atoms with E-state index in [2.05, 4.69) is 5.43 Å². The minimum atomic E-state index is -4.45. The van der Waals surface area contributed by atoms with Crippen molar-refractivity contribution < 1.29 is 27.9 Å². The van der Waals surface area contributed by atoms with Gasteiger partial charge in [-0.05, 0) is 30.0 Å². The van der Waals surface area contributed by atoms with Crippen LogP contribution < -0.4 is 11.2 Å². The summed E-state index contributed by atoms with van der Waals surface area (Å²) < 4.78 is 37.8. The van der Waals surface area contributed by atoms with Crippen LogP contribution in [0.2, 0.25) is 0 Å². The number of rotatable bonds is 4. The first-order chi connectivity index (χ1) is 10.7. The Bertz CT molecular complexity index is 589. The number of nitrogens with one attached hydrogen (secondary N) is 1. The van der Waals surface area contributed by atoms with E-state index < -0.39 is 29.7 Å². The summed E-state index contributed by atoms with van der Waals surface area (Å²) in [5.74, 6) is -1.68. The quantitative estimate of drug-likeness (QED) is 0.784. The lowest BCUT2D eigenvalue weighted by Gasteiger charge is -2.22. The molecule has 2 rings (SSSR count). The van der Waals surface area contributed by atoms with Gasteiger partial charge in [0.05, 0.1) is 11.5 Å². The minimum absolute atomic E-state index is 0.265. The predicted octanol–water partition coefficient (Wildman–Crippen LogP) is 1.78. The van der Waals surface area contributed by atoms with Gasteiger partial charge in [-0.1, -0.05) is 12.1 Å². The molecule has 2 amide bonds. The molecule has 1 heterocycles. The topological polar surface area (TPSA) is 95.7 Å². The maximum atomic E-state index is 12.6. The monoisotopic (exact) mass is 331 g/mol. The second-order valence-electron chi connectivity index (χ2n) is 5.41. The Kier molecular flexibility index (Phi) is 4.79. The molecule has 0 aromatic heterocycles. The van der Waals surface area contributed by atoms with Gasteiger partial charge in [0.15, 0.2) is 0 Å². The smallest absolute Gasteiger partial charge is 0.419 e. The van der Waals surface area contributed by atoms with Gasteiger partial charge in [-0.2, -0.15) is 13.2 Å². The first-order valence-electron chi connectivity index (χ1n) is 6.89. The van der Waals surface area contributed by atoms with Crippen LogP contribution in [0.4, 0.5) is 18.0 Å². The van der Waals surface area contributed by atoms with E-state index in [9.17, 15) is 22.8 Å². The molecule has 0 saturated carbocycles. The van der Waals surface area contributed by atoms with Crippen LogP contribution in [0.1, 0.15) is 23.5 Å². The number of alkyl halides is 3. The molecule has 23 heavy (non-hydrogen) atoms. The Hall–Kier alpha value is -2.29. The van der Waals surface area contributed by atoms with Gasteiger partial charge >= 0.3 is 12.3 Å². The SMILES string of the molecule is NC(=O)C(c1ccc(C(F)(F)F)cc1)[C@H]1CCN(NC(=O)O)C1. The summed E-state index contributed by atoms with van der Waals surface area (Å²) >= 11 is 0. The largest absolute Gasteiger partial charge is 0.464 e. The molecule has 4 N–H and O–H groups in total. The number of halogens is 3. The van der Waals surface area contributed by atoms with Crippen LogP contribution in [0, 0.1) is 5.92 Å². The van der Waals surface area contributed by atoms with Gasteiger partial charge in [0.1, 0.15) is 0 Å². The molecule has 6 nitrogen and oxygen atoms in total. The summed E-state index contributed by atoms with van der Waals surface area (Å²) in [6.45, 7) is 0.669. The van der Waals surface area contributed by atoms with Crippen molar-refractivity contribution in [2.24, 2.45) is 11.7 Å². The number of nitrogens with zero attached hydrogens (tertiary/aromatic N) is 1. The molecular weight excluding hydrogens is 315 g/mol. The molecule has 9 heteroatoms. The van der Waals surface area contributed by atoms with E-state index in [1.165, 1.54) is 17.1 Å². The van der Waals surface area contributed by atoms with E-state index in [0.717, 1.165) is 12.1 Å². The van der Waals surface area contributed by atoms with E-state index in [1.807, 2.05) is 0 Å². The Labute approximate surface area is 130 Å². The Morgan fingerprint density at radius 1 is 1.30 bits per heavy atom. The van der Waals surface area contributed by atoms with Crippen molar-refractivity contribution in [1.29, 1.82) is 0 Å². The number of amides is 2. The summed E-state index contributed by atoms with van der Waals surface area (Å²) in [5.41, 5.74) is 7.19. The summed E-state index contributed by atoms with van der Waals surface area (Å²) in [6.07, 6.45) is -5.15. The normalized spacial score (nSPS) is 20.2. The predicted molar refractivity (Wildman–Crippen MR) is 74.2 cm³/mol. The standard InChI is InChI=1S/C14H16F3N3O3/c15-14(16,17)10-3-1-8(2-4-10)11(12(18)21)9-5-6-20(7-9)19-13(22)23/h1-4,9,11,19H,5-7H2,(H2,18,21)(H,22,23)/t9-,11?/m0/s1. The van der Waals surface area contributed by atoms with Gasteiger partial charge in [-0.15, -0.1) is 0 Å². The number of hydrogen-bond acceptors (Lipinski definition) is 3. The molecule has 1 aromatic carbocycles. The van der Waals surface area contributed by atoms with E-state index in [-0.39, 0.29) is 12.5 Å². The molecule has 1 unspecified atom stereocenters. The lowest BCUT2D eigenvalue weighted by Crippen LogP contribution is -2.40. The van der Waals surface area contributed by atoms with Gasteiger partial charge < -0.3 is 10.8 Å². The second-order valence-corrected chi connectivity index (χ2v) is 5.41. The third kappa shape index (κ3) is 4.13. The minimum Gasteiger partial charge on any atom is -0.464 e. The number of hydrazine groups is 1. The van der Waals surface area contributed by atoms with Crippen LogP contribution in [-0.2, 0) is 11.0 Å². The Morgan fingerprint density at radius 2 is 1.91 bits per heavy atom. The molecular formula is C14H16F3N3O3. The zero-order chi connectivity index (χ0) is 17.2. The zero-order valence-corrected chi connectivity index (χ0v) is 12.0. The number of carbonyl (C=O) groups is 2. The van der Waals surface area contributed by atoms with Crippen LogP contribution in [-0.4, -0.2) is 35.2 Å². The summed E-state index contributed by atoms with van der Waals surface area (Å²) in [4.78, 5) is 22.4. The summed E-state index contributed by atoms with van der Waals surface area (Å²) in [5, 5.41) is 10.1. The first kappa shape index (κ1) is 17.1. The highest BCUT2D eigenvalue weighted by Crippen LogP contribution is 2.34. The number of nitrogens with two attached hydrogens (primary N) is 1. The van der Waals surface area contributed by atoms with Gasteiger partial charge in [0.25, 0.3) is 0 Å². The highest BCUT2D eigenvalue weighted by molar-refractivity contribution is 5.82. The van der Waals surface area contributed by atoms with Crippen molar-refractivity contribution in [3.63, 3.8) is 0 Å². The fourth-order valence-electron chi connectivity index (χ4n) is 2.84. The first-order valence-corrected chi connectivity index (χ1v) is 6.89. The van der Waals surface area contributed by atoms with Crippen LogP contribution in [0.25, 0.3) is 0 Å². The number of benzene rings is 1.